The molecule has 4 rings (SSSR count). The summed E-state index contributed by atoms with van der Waals surface area (Å²) in [5.74, 6) is -0.332. The molecule has 0 saturated carbocycles. The lowest BCUT2D eigenvalue weighted by Crippen LogP contribution is -2.04. The van der Waals surface area contributed by atoms with Gasteiger partial charge in [0.15, 0.2) is 10.8 Å². The summed E-state index contributed by atoms with van der Waals surface area (Å²) >= 11 is 5.07. The molecule has 0 aliphatic heterocycles. The molecule has 0 aliphatic carbocycles. The Hall–Kier alpha value is -2.38. The number of imidazole rings is 1. The van der Waals surface area contributed by atoms with E-state index in [1.165, 1.54) is 22.7 Å². The molecule has 7 heteroatoms. The number of benzene rings is 2. The van der Waals surface area contributed by atoms with Crippen LogP contribution in [0.4, 0.5) is 0 Å². The normalized spacial score (nSPS) is 11.3. The third-order valence-corrected chi connectivity index (χ3v) is 6.00. The molecule has 0 fully saturated rings. The summed E-state index contributed by atoms with van der Waals surface area (Å²) in [4.78, 5) is 19.8. The third kappa shape index (κ3) is 3.70. The number of carboxylic acids is 1. The van der Waals surface area contributed by atoms with Gasteiger partial charge < -0.3 is 9.67 Å². The fourth-order valence-electron chi connectivity index (χ4n) is 3.06. The quantitative estimate of drug-likeness (QED) is 0.428. The number of aliphatic carboxylic acids is 1. The zero-order valence-electron chi connectivity index (χ0n) is 14.3. The number of thioether (sulfide) groups is 1. The van der Waals surface area contributed by atoms with Gasteiger partial charge in [-0.3, -0.25) is 4.79 Å². The van der Waals surface area contributed by atoms with Crippen molar-refractivity contribution in [2.45, 2.75) is 18.1 Å². The van der Waals surface area contributed by atoms with Crippen molar-refractivity contribution < 1.29 is 9.90 Å². The van der Waals surface area contributed by atoms with Gasteiger partial charge >= 0.3 is 5.97 Å². The molecule has 0 atom stereocenters. The number of fused-ring (bicyclic) bond motifs is 2. The van der Waals surface area contributed by atoms with Crippen molar-refractivity contribution in [3.05, 3.63) is 64.8 Å². The summed E-state index contributed by atoms with van der Waals surface area (Å²) in [6.45, 7) is 0.644. The summed E-state index contributed by atoms with van der Waals surface area (Å²) < 4.78 is 3.18. The first-order valence-corrected chi connectivity index (χ1v) is 10.2. The maximum atomic E-state index is 10.9. The molecule has 0 bridgehead atoms. The molecule has 0 saturated heterocycles. The highest BCUT2D eigenvalue weighted by molar-refractivity contribution is 9.10. The second kappa shape index (κ2) is 7.70. The van der Waals surface area contributed by atoms with Crippen molar-refractivity contribution in [1.29, 1.82) is 0 Å². The first kappa shape index (κ1) is 18.0. The number of rotatable bonds is 6. The Labute approximate surface area is 168 Å². The maximum Gasteiger partial charge on any atom is 0.304 e. The van der Waals surface area contributed by atoms with E-state index >= 15 is 0 Å². The van der Waals surface area contributed by atoms with Crippen LogP contribution in [0, 0.1) is 0 Å². The Morgan fingerprint density at radius 1 is 1.11 bits per heavy atom. The van der Waals surface area contributed by atoms with Gasteiger partial charge in [0.25, 0.3) is 0 Å². The third-order valence-electron chi connectivity index (χ3n) is 4.33. The van der Waals surface area contributed by atoms with Crippen LogP contribution in [0.25, 0.3) is 21.9 Å². The number of hydrogen-bond donors (Lipinski definition) is 1. The molecule has 4 aromatic rings. The van der Waals surface area contributed by atoms with Crippen LogP contribution in [-0.2, 0) is 11.3 Å². The summed E-state index contributed by atoms with van der Waals surface area (Å²) in [6.07, 6.45) is 1.82. The van der Waals surface area contributed by atoms with Gasteiger partial charge in [0.2, 0.25) is 0 Å². The van der Waals surface area contributed by atoms with Gasteiger partial charge in [-0.2, -0.15) is 0 Å². The Morgan fingerprint density at radius 3 is 2.74 bits per heavy atom. The maximum absolute atomic E-state index is 10.9. The molecule has 0 aliphatic rings. The number of pyridine rings is 1. The van der Waals surface area contributed by atoms with E-state index in [1.807, 2.05) is 24.3 Å². The first-order valence-electron chi connectivity index (χ1n) is 8.45. The Kier molecular flexibility index (Phi) is 5.13. The minimum absolute atomic E-state index is 0.0997. The second-order valence-electron chi connectivity index (χ2n) is 6.07. The van der Waals surface area contributed by atoms with E-state index < -0.39 is 5.97 Å². The molecule has 5 nitrogen and oxygen atoms in total. The summed E-state index contributed by atoms with van der Waals surface area (Å²) in [5.41, 5.74) is 2.80. The van der Waals surface area contributed by atoms with Crippen molar-refractivity contribution in [1.82, 2.24) is 14.5 Å². The van der Waals surface area contributed by atoms with Crippen molar-refractivity contribution in [2.24, 2.45) is 0 Å². The lowest BCUT2D eigenvalue weighted by molar-refractivity contribution is -0.136. The Morgan fingerprint density at radius 2 is 1.93 bits per heavy atom. The van der Waals surface area contributed by atoms with Crippen LogP contribution in [0.5, 0.6) is 0 Å². The highest BCUT2D eigenvalue weighted by Gasteiger charge is 2.14. The van der Waals surface area contributed by atoms with Crippen LogP contribution in [0.1, 0.15) is 12.0 Å². The fourth-order valence-corrected chi connectivity index (χ4v) is 4.47. The van der Waals surface area contributed by atoms with E-state index in [9.17, 15) is 4.79 Å². The molecule has 0 spiro atoms. The molecule has 136 valence electrons. The van der Waals surface area contributed by atoms with Gasteiger partial charge in [-0.25, -0.2) is 9.97 Å². The van der Waals surface area contributed by atoms with Crippen molar-refractivity contribution in [3.8, 4) is 0 Å². The fraction of sp³-hybridized carbons (Fsp3) is 0.150. The average Bonchev–Trinajstić information content (AvgIpc) is 3.01. The summed E-state index contributed by atoms with van der Waals surface area (Å²) in [6, 6.07) is 16.3. The van der Waals surface area contributed by atoms with E-state index in [4.69, 9.17) is 5.11 Å². The molecule has 2 heterocycles. The molecule has 0 radical (unpaired) electrons. The number of nitrogens with zero attached hydrogens (tertiary/aromatic N) is 3. The Bertz CT molecular complexity index is 1140. The van der Waals surface area contributed by atoms with Crippen LogP contribution in [0.3, 0.4) is 0 Å². The lowest BCUT2D eigenvalue weighted by Gasteiger charge is -2.12. The topological polar surface area (TPSA) is 68.0 Å². The van der Waals surface area contributed by atoms with Gasteiger partial charge in [-0.05, 0) is 34.5 Å². The van der Waals surface area contributed by atoms with Crippen molar-refractivity contribution in [2.75, 3.05) is 5.75 Å². The minimum Gasteiger partial charge on any atom is -0.481 e. The molecule has 2 aromatic carbocycles. The molecule has 0 unspecified atom stereocenters. The average molecular weight is 442 g/mol. The predicted molar refractivity (Wildman–Crippen MR) is 111 cm³/mol. The summed E-state index contributed by atoms with van der Waals surface area (Å²) in [7, 11) is 0. The van der Waals surface area contributed by atoms with Crippen LogP contribution in [-0.4, -0.2) is 31.4 Å². The van der Waals surface area contributed by atoms with E-state index in [-0.39, 0.29) is 6.42 Å². The number of aromatic nitrogens is 3. The molecule has 27 heavy (non-hydrogen) atoms. The van der Waals surface area contributed by atoms with Gasteiger partial charge in [0.05, 0.1) is 18.5 Å². The van der Waals surface area contributed by atoms with Crippen LogP contribution in [0.15, 0.2) is 64.4 Å². The number of carboxylic acid groups (broad SMARTS) is 1. The zero-order valence-corrected chi connectivity index (χ0v) is 16.7. The van der Waals surface area contributed by atoms with E-state index in [0.717, 1.165) is 20.5 Å². The van der Waals surface area contributed by atoms with Gasteiger partial charge in [0.1, 0.15) is 0 Å². The number of carbonyl (C=O) groups is 1. The van der Waals surface area contributed by atoms with Crippen LogP contribution in [0.2, 0.25) is 0 Å². The smallest absolute Gasteiger partial charge is 0.304 e. The molecule has 0 amide bonds. The molecular formula is C20H16BrN3O2S. The highest BCUT2D eigenvalue weighted by Crippen LogP contribution is 2.30. The largest absolute Gasteiger partial charge is 0.481 e. The van der Waals surface area contributed by atoms with E-state index in [0.29, 0.717) is 17.9 Å². The van der Waals surface area contributed by atoms with Crippen LogP contribution < -0.4 is 0 Å². The number of hydrogen-bond acceptors (Lipinski definition) is 4. The highest BCUT2D eigenvalue weighted by atomic mass is 79.9. The van der Waals surface area contributed by atoms with Gasteiger partial charge in [-0.15, -0.1) is 0 Å². The zero-order chi connectivity index (χ0) is 18.8. The van der Waals surface area contributed by atoms with Crippen LogP contribution >= 0.6 is 27.7 Å². The number of halogens is 1. The summed E-state index contributed by atoms with van der Waals surface area (Å²) in [5, 5.41) is 12.1. The minimum atomic E-state index is -0.804. The van der Waals surface area contributed by atoms with Crippen molar-refractivity contribution in [3.63, 3.8) is 0 Å². The monoisotopic (exact) mass is 441 g/mol. The Balaban J connectivity index is 1.77. The SMILES string of the molecule is O=C(O)CCSc1nc2ncccc2n1Cc1ccc(Br)c2ccccc12. The predicted octanol–water partition coefficient (Wildman–Crippen LogP) is 4.96. The lowest BCUT2D eigenvalue weighted by atomic mass is 10.0. The standard InChI is InChI=1S/C20H16BrN3O2S/c21-16-8-7-13(14-4-1-2-5-15(14)16)12-24-17-6-3-10-22-19(17)23-20(24)27-11-9-18(25)26/h1-8,10H,9,11-12H2,(H,25,26). The van der Waals surface area contributed by atoms with E-state index in [1.54, 1.807) is 6.20 Å². The molecule has 2 aromatic heterocycles. The van der Waals surface area contributed by atoms with Gasteiger partial charge in [0, 0.05) is 16.4 Å². The first-order chi connectivity index (χ1) is 13.1. The van der Waals surface area contributed by atoms with Crippen molar-refractivity contribution >= 4 is 55.6 Å². The second-order valence-corrected chi connectivity index (χ2v) is 7.99. The van der Waals surface area contributed by atoms with Gasteiger partial charge in [-0.1, -0.05) is 58.0 Å². The van der Waals surface area contributed by atoms with E-state index in [2.05, 4.69) is 54.7 Å². The molecule has 1 N–H and O–H groups in total. The molecular weight excluding hydrogens is 426 g/mol.